The molecule has 0 aliphatic rings. The van der Waals surface area contributed by atoms with E-state index in [-0.39, 0.29) is 23.4 Å². The summed E-state index contributed by atoms with van der Waals surface area (Å²) in [5, 5.41) is 35.3. The molecule has 0 amide bonds. The van der Waals surface area contributed by atoms with Crippen LogP contribution in [0.25, 0.3) is 45.0 Å². The molecule has 0 bridgehead atoms. The average molecular weight is 780 g/mol. The minimum Gasteiger partial charge on any atom is -0.508 e. The fraction of sp³-hybridized carbons (Fsp3) is 0. The van der Waals surface area contributed by atoms with Gasteiger partial charge >= 0.3 is 0 Å². The summed E-state index contributed by atoms with van der Waals surface area (Å²) in [6, 6.07) is 29.8. The molecule has 0 radical (unpaired) electrons. The highest BCUT2D eigenvalue weighted by Gasteiger charge is 2.16. The largest absolute Gasteiger partial charge is 0.508 e. The van der Waals surface area contributed by atoms with Crippen LogP contribution in [0.15, 0.2) is 97.1 Å². The third kappa shape index (κ3) is 6.71. The van der Waals surface area contributed by atoms with Gasteiger partial charge in [-0.05, 0) is 81.6 Å². The van der Waals surface area contributed by atoms with Crippen LogP contribution in [-0.4, -0.2) is 40.6 Å². The Balaban J connectivity index is 0.000000169. The lowest BCUT2D eigenvalue weighted by molar-refractivity contribution is 0.467. The van der Waals surface area contributed by atoms with Gasteiger partial charge in [-0.3, -0.25) is 0 Å². The number of aromatic hydroxyl groups is 2. The number of hydrogen-bond donors (Lipinski definition) is 4. The van der Waals surface area contributed by atoms with Gasteiger partial charge in [-0.25, -0.2) is 9.97 Å². The molecular formula is C30H22I2N8O2. The van der Waals surface area contributed by atoms with Crippen LogP contribution in [0.2, 0.25) is 0 Å². The van der Waals surface area contributed by atoms with Crippen molar-refractivity contribution < 1.29 is 10.2 Å². The van der Waals surface area contributed by atoms with Crippen molar-refractivity contribution in [3.05, 3.63) is 104 Å². The lowest BCUT2D eigenvalue weighted by Gasteiger charge is -2.10. The summed E-state index contributed by atoms with van der Waals surface area (Å²) >= 11 is 4.17. The van der Waals surface area contributed by atoms with E-state index < -0.39 is 0 Å². The van der Waals surface area contributed by atoms with Gasteiger partial charge in [-0.1, -0.05) is 60.7 Å². The zero-order valence-corrected chi connectivity index (χ0v) is 26.0. The normalized spacial score (nSPS) is 10.5. The maximum absolute atomic E-state index is 9.92. The summed E-state index contributed by atoms with van der Waals surface area (Å²) < 4.78 is 1.49. The second kappa shape index (κ2) is 13.0. The molecule has 4 aromatic carbocycles. The minimum atomic E-state index is 0.130. The first-order valence-corrected chi connectivity index (χ1v) is 14.5. The lowest BCUT2D eigenvalue weighted by atomic mass is 10.0. The first kappa shape index (κ1) is 29.1. The Kier molecular flexibility index (Phi) is 9.02. The van der Waals surface area contributed by atoms with Gasteiger partial charge in [0.2, 0.25) is 11.9 Å². The number of halogens is 2. The van der Waals surface area contributed by atoms with Crippen LogP contribution in [0.4, 0.5) is 11.9 Å². The Morgan fingerprint density at radius 2 is 0.881 bits per heavy atom. The van der Waals surface area contributed by atoms with Crippen molar-refractivity contribution in [1.29, 1.82) is 0 Å². The Bertz CT molecular complexity index is 1820. The van der Waals surface area contributed by atoms with Gasteiger partial charge in [0.15, 0.2) is 0 Å². The number of phenolic OH excluding ortho intramolecular Hbond substituents is 2. The summed E-state index contributed by atoms with van der Waals surface area (Å²) in [5.74, 6) is 0.728. The van der Waals surface area contributed by atoms with Crippen LogP contribution < -0.4 is 11.5 Å². The van der Waals surface area contributed by atoms with Crippen LogP contribution in [0.1, 0.15) is 0 Å². The smallest absolute Gasteiger partial charge is 0.240 e. The van der Waals surface area contributed by atoms with Crippen molar-refractivity contribution in [1.82, 2.24) is 30.4 Å². The fourth-order valence-corrected chi connectivity index (χ4v) is 5.75. The van der Waals surface area contributed by atoms with E-state index in [1.165, 1.54) is 0 Å². The monoisotopic (exact) mass is 780 g/mol. The van der Waals surface area contributed by atoms with E-state index in [1.807, 2.05) is 72.8 Å². The predicted molar refractivity (Wildman–Crippen MR) is 179 cm³/mol. The Labute approximate surface area is 268 Å². The summed E-state index contributed by atoms with van der Waals surface area (Å²) in [6.07, 6.45) is 0. The number of nitrogen functional groups attached to an aromatic ring is 2. The first-order valence-electron chi connectivity index (χ1n) is 12.4. The van der Waals surface area contributed by atoms with E-state index in [2.05, 4.69) is 75.5 Å². The van der Waals surface area contributed by atoms with Gasteiger partial charge in [0, 0.05) is 22.3 Å². The van der Waals surface area contributed by atoms with Crippen molar-refractivity contribution in [2.24, 2.45) is 0 Å². The van der Waals surface area contributed by atoms with Gasteiger partial charge in [0.1, 0.15) is 34.3 Å². The molecule has 0 spiro atoms. The van der Waals surface area contributed by atoms with E-state index in [0.717, 1.165) is 29.4 Å². The van der Waals surface area contributed by atoms with E-state index in [1.54, 1.807) is 24.3 Å². The molecule has 0 saturated heterocycles. The van der Waals surface area contributed by atoms with E-state index in [0.29, 0.717) is 22.8 Å². The van der Waals surface area contributed by atoms with Crippen LogP contribution in [0.3, 0.4) is 0 Å². The summed E-state index contributed by atoms with van der Waals surface area (Å²) in [4.78, 5) is 8.62. The van der Waals surface area contributed by atoms with Gasteiger partial charge in [-0.15, -0.1) is 20.4 Å². The Hall–Kier alpha value is -4.44. The van der Waals surface area contributed by atoms with Crippen LogP contribution in [0.5, 0.6) is 11.5 Å². The quantitative estimate of drug-likeness (QED) is 0.151. The van der Waals surface area contributed by atoms with Crippen molar-refractivity contribution in [3.63, 3.8) is 0 Å². The van der Waals surface area contributed by atoms with Gasteiger partial charge < -0.3 is 21.7 Å². The molecule has 0 fully saturated rings. The molecule has 42 heavy (non-hydrogen) atoms. The van der Waals surface area contributed by atoms with E-state index >= 15 is 0 Å². The summed E-state index contributed by atoms with van der Waals surface area (Å²) in [5.41, 5.74) is 17.4. The molecule has 0 aliphatic carbocycles. The minimum absolute atomic E-state index is 0.130. The molecule has 10 nitrogen and oxygen atoms in total. The van der Waals surface area contributed by atoms with E-state index in [9.17, 15) is 10.2 Å². The van der Waals surface area contributed by atoms with Crippen LogP contribution in [-0.2, 0) is 0 Å². The Morgan fingerprint density at radius 1 is 0.476 bits per heavy atom. The third-order valence-corrected chi connectivity index (χ3v) is 7.58. The molecule has 12 heteroatoms. The zero-order valence-electron chi connectivity index (χ0n) is 21.7. The number of phenols is 2. The lowest BCUT2D eigenvalue weighted by Crippen LogP contribution is -2.02. The summed E-state index contributed by atoms with van der Waals surface area (Å²) in [7, 11) is 0. The van der Waals surface area contributed by atoms with Gasteiger partial charge in [-0.2, -0.15) is 0 Å². The molecule has 208 valence electrons. The molecule has 0 unspecified atom stereocenters. The predicted octanol–water partition coefficient (Wildman–Crippen LogP) is 6.20. The van der Waals surface area contributed by atoms with Gasteiger partial charge in [0.25, 0.3) is 0 Å². The molecule has 6 rings (SSSR count). The second-order valence-corrected chi connectivity index (χ2v) is 11.1. The maximum Gasteiger partial charge on any atom is 0.240 e. The molecule has 0 atom stereocenters. The molecule has 0 saturated carbocycles. The van der Waals surface area contributed by atoms with Crippen LogP contribution >= 0.6 is 45.2 Å². The first-order chi connectivity index (χ1) is 20.3. The number of rotatable bonds is 4. The number of benzene rings is 4. The number of aromatic nitrogens is 6. The van der Waals surface area contributed by atoms with Crippen molar-refractivity contribution in [2.75, 3.05) is 11.5 Å². The molecule has 0 aliphatic heterocycles. The Morgan fingerprint density at radius 3 is 1.33 bits per heavy atom. The topological polar surface area (TPSA) is 170 Å². The fourth-order valence-electron chi connectivity index (χ4n) is 3.98. The highest BCUT2D eigenvalue weighted by atomic mass is 127. The second-order valence-electron chi connectivity index (χ2n) is 8.80. The van der Waals surface area contributed by atoms with Gasteiger partial charge in [0.05, 0.1) is 7.14 Å². The number of anilines is 2. The summed E-state index contributed by atoms with van der Waals surface area (Å²) in [6.45, 7) is 0. The average Bonchev–Trinajstić information content (AvgIpc) is 3.01. The number of nitrogens with two attached hydrogens (primary N) is 2. The molecular weight excluding hydrogens is 758 g/mol. The molecule has 6 aromatic rings. The zero-order chi connectivity index (χ0) is 29.6. The van der Waals surface area contributed by atoms with Crippen LogP contribution in [0, 0.1) is 7.14 Å². The van der Waals surface area contributed by atoms with Crippen molar-refractivity contribution in [3.8, 4) is 56.5 Å². The third-order valence-electron chi connectivity index (χ3n) is 5.93. The van der Waals surface area contributed by atoms with Crippen molar-refractivity contribution >= 4 is 57.1 Å². The molecule has 2 heterocycles. The molecule has 6 N–H and O–H groups in total. The van der Waals surface area contributed by atoms with E-state index in [4.69, 9.17) is 11.5 Å². The number of nitrogens with zero attached hydrogens (tertiary/aromatic N) is 6. The SMILES string of the molecule is Nc1nnc(-c2cc(I)c(O)c(I)c2)c(-c2ccccc2)n1.Nc1nnc(-c2ccc(O)cc2)c(-c2ccccc2)n1. The maximum atomic E-state index is 9.92. The number of hydrogen-bond acceptors (Lipinski definition) is 10. The highest BCUT2D eigenvalue weighted by molar-refractivity contribution is 14.1. The highest BCUT2D eigenvalue weighted by Crippen LogP contribution is 2.35. The molecule has 2 aromatic heterocycles. The standard InChI is InChI=1S/C15H10I2N4O.C15H12N4O/c16-10-6-9(7-11(17)14(10)22)13-12(19-15(18)21-20-13)8-4-2-1-3-5-8;16-15-17-13(10-4-2-1-3-5-10)14(18-19-15)11-6-8-12(20)9-7-11/h1-7,22H,(H2,18,19,21);1-9,20H,(H2,16,17,19). The van der Waals surface area contributed by atoms with Crippen molar-refractivity contribution in [2.45, 2.75) is 0 Å².